The number of nitrogens with one attached hydrogen (secondary N) is 1. The Morgan fingerprint density at radius 2 is 1.90 bits per heavy atom. The number of benzene rings is 1. The van der Waals surface area contributed by atoms with E-state index in [1.54, 1.807) is 19.1 Å². The smallest absolute Gasteiger partial charge is 0.249 e. The summed E-state index contributed by atoms with van der Waals surface area (Å²) in [5.74, 6) is 5.00. The topological polar surface area (TPSA) is 102 Å². The van der Waals surface area contributed by atoms with Crippen LogP contribution in [0.1, 0.15) is 13.8 Å². The van der Waals surface area contributed by atoms with Gasteiger partial charge in [-0.2, -0.15) is 4.31 Å². The van der Waals surface area contributed by atoms with Crippen molar-refractivity contribution in [1.29, 1.82) is 0 Å². The number of sulfonamides is 1. The van der Waals surface area contributed by atoms with Gasteiger partial charge in [0, 0.05) is 6.54 Å². The lowest BCUT2D eigenvalue weighted by Crippen LogP contribution is -2.42. The summed E-state index contributed by atoms with van der Waals surface area (Å²) < 4.78 is 31.0. The third-order valence-electron chi connectivity index (χ3n) is 2.61. The summed E-state index contributed by atoms with van der Waals surface area (Å²) in [6.07, 6.45) is 0. The van der Waals surface area contributed by atoms with Crippen molar-refractivity contribution in [2.75, 3.05) is 19.7 Å². The molecule has 7 nitrogen and oxygen atoms in total. The molecule has 0 atom stereocenters. The zero-order chi connectivity index (χ0) is 15.2. The van der Waals surface area contributed by atoms with E-state index in [-0.39, 0.29) is 18.0 Å². The Labute approximate surface area is 118 Å². The summed E-state index contributed by atoms with van der Waals surface area (Å²) in [5, 5.41) is 0. The van der Waals surface area contributed by atoms with Crippen LogP contribution >= 0.6 is 0 Å². The molecule has 1 rings (SSSR count). The third kappa shape index (κ3) is 3.92. The molecule has 0 aliphatic carbocycles. The van der Waals surface area contributed by atoms with Gasteiger partial charge in [-0.15, -0.1) is 0 Å². The number of rotatable bonds is 7. The molecule has 0 aliphatic heterocycles. The van der Waals surface area contributed by atoms with E-state index in [2.05, 4.69) is 0 Å². The van der Waals surface area contributed by atoms with Crippen molar-refractivity contribution in [3.05, 3.63) is 24.3 Å². The van der Waals surface area contributed by atoms with E-state index in [4.69, 9.17) is 10.6 Å². The third-order valence-corrected chi connectivity index (χ3v) is 4.54. The second-order valence-electron chi connectivity index (χ2n) is 3.90. The van der Waals surface area contributed by atoms with Gasteiger partial charge in [-0.05, 0) is 31.2 Å². The maximum absolute atomic E-state index is 12.3. The van der Waals surface area contributed by atoms with Crippen molar-refractivity contribution in [2.24, 2.45) is 5.84 Å². The fourth-order valence-electron chi connectivity index (χ4n) is 1.60. The van der Waals surface area contributed by atoms with Gasteiger partial charge in [-0.1, -0.05) is 6.92 Å². The van der Waals surface area contributed by atoms with Crippen LogP contribution in [0.4, 0.5) is 0 Å². The summed E-state index contributed by atoms with van der Waals surface area (Å²) in [6.45, 7) is 3.85. The summed E-state index contributed by atoms with van der Waals surface area (Å²) in [6, 6.07) is 6.05. The maximum atomic E-state index is 12.3. The zero-order valence-corrected chi connectivity index (χ0v) is 12.3. The molecule has 0 radical (unpaired) electrons. The molecule has 0 bridgehead atoms. The molecule has 1 aromatic rings. The minimum atomic E-state index is -3.73. The molecule has 112 valence electrons. The predicted octanol–water partition coefficient (Wildman–Crippen LogP) is 0.0858. The average molecular weight is 301 g/mol. The molecule has 0 saturated heterocycles. The summed E-state index contributed by atoms with van der Waals surface area (Å²) in [4.78, 5) is 11.3. The number of hydrogen-bond donors (Lipinski definition) is 2. The van der Waals surface area contributed by atoms with Crippen LogP contribution in [-0.2, 0) is 14.8 Å². The Morgan fingerprint density at radius 3 is 2.35 bits per heavy atom. The normalized spacial score (nSPS) is 11.4. The largest absolute Gasteiger partial charge is 0.494 e. The van der Waals surface area contributed by atoms with Crippen LogP contribution in [0.25, 0.3) is 0 Å². The van der Waals surface area contributed by atoms with E-state index >= 15 is 0 Å². The first kappa shape index (κ1) is 16.4. The Kier molecular flexibility index (Phi) is 5.93. The van der Waals surface area contributed by atoms with E-state index in [1.165, 1.54) is 12.1 Å². The number of hydrogen-bond acceptors (Lipinski definition) is 5. The zero-order valence-electron chi connectivity index (χ0n) is 11.5. The van der Waals surface area contributed by atoms with Crippen LogP contribution in [-0.4, -0.2) is 38.3 Å². The molecule has 1 amide bonds. The first-order valence-corrected chi connectivity index (χ1v) is 7.62. The van der Waals surface area contributed by atoms with Gasteiger partial charge in [0.15, 0.2) is 0 Å². The van der Waals surface area contributed by atoms with Crippen LogP contribution in [0, 0.1) is 0 Å². The van der Waals surface area contributed by atoms with Crippen molar-refractivity contribution >= 4 is 15.9 Å². The minimum absolute atomic E-state index is 0.104. The predicted molar refractivity (Wildman–Crippen MR) is 74.4 cm³/mol. The van der Waals surface area contributed by atoms with Gasteiger partial charge in [0.25, 0.3) is 0 Å². The van der Waals surface area contributed by atoms with E-state index in [0.717, 1.165) is 4.31 Å². The van der Waals surface area contributed by atoms with Gasteiger partial charge < -0.3 is 4.74 Å². The molecule has 0 saturated carbocycles. The molecular weight excluding hydrogens is 282 g/mol. The number of ether oxygens (including phenoxy) is 1. The number of carbonyl (C=O) groups is 1. The summed E-state index contributed by atoms with van der Waals surface area (Å²) in [7, 11) is -3.73. The van der Waals surface area contributed by atoms with Crippen molar-refractivity contribution in [1.82, 2.24) is 9.73 Å². The SMILES string of the molecule is CCOc1ccc(S(=O)(=O)N(CC)CC(=O)NN)cc1. The number of likely N-dealkylation sites (N-methyl/N-ethyl adjacent to an activating group) is 1. The van der Waals surface area contributed by atoms with Crippen molar-refractivity contribution in [2.45, 2.75) is 18.7 Å². The molecule has 0 spiro atoms. The molecule has 0 unspecified atom stereocenters. The minimum Gasteiger partial charge on any atom is -0.494 e. The Bertz CT molecular complexity index is 542. The Balaban J connectivity index is 2.98. The Hall–Kier alpha value is -1.64. The monoisotopic (exact) mass is 301 g/mol. The fourth-order valence-corrected chi connectivity index (χ4v) is 3.00. The number of nitrogens with two attached hydrogens (primary N) is 1. The second kappa shape index (κ2) is 7.22. The van der Waals surface area contributed by atoms with E-state index in [0.29, 0.717) is 12.4 Å². The molecule has 8 heteroatoms. The second-order valence-corrected chi connectivity index (χ2v) is 5.84. The van der Waals surface area contributed by atoms with E-state index in [9.17, 15) is 13.2 Å². The summed E-state index contributed by atoms with van der Waals surface area (Å²) in [5.41, 5.74) is 1.91. The molecule has 20 heavy (non-hydrogen) atoms. The number of amides is 1. The van der Waals surface area contributed by atoms with Gasteiger partial charge in [-0.25, -0.2) is 14.3 Å². The number of carbonyl (C=O) groups excluding carboxylic acids is 1. The number of nitrogens with zero attached hydrogens (tertiary/aromatic N) is 1. The molecule has 1 aromatic carbocycles. The highest BCUT2D eigenvalue weighted by Crippen LogP contribution is 2.19. The molecule has 0 fully saturated rings. The molecule has 3 N–H and O–H groups in total. The van der Waals surface area contributed by atoms with Gasteiger partial charge in [0.1, 0.15) is 5.75 Å². The molecular formula is C12H19N3O4S. The van der Waals surface area contributed by atoms with Gasteiger partial charge in [0.2, 0.25) is 15.9 Å². The van der Waals surface area contributed by atoms with Crippen LogP contribution in [0.5, 0.6) is 5.75 Å². The molecule has 0 heterocycles. The van der Waals surface area contributed by atoms with Gasteiger partial charge in [-0.3, -0.25) is 10.2 Å². The van der Waals surface area contributed by atoms with Gasteiger partial charge in [0.05, 0.1) is 18.0 Å². The molecule has 0 aromatic heterocycles. The standard InChI is InChI=1S/C12H19N3O4S/c1-3-15(9-12(16)14-13)20(17,18)11-7-5-10(6-8-11)19-4-2/h5-8H,3-4,9,13H2,1-2H3,(H,14,16). The highest BCUT2D eigenvalue weighted by molar-refractivity contribution is 7.89. The maximum Gasteiger partial charge on any atom is 0.249 e. The molecule has 0 aliphatic rings. The lowest BCUT2D eigenvalue weighted by molar-refractivity contribution is -0.121. The van der Waals surface area contributed by atoms with Gasteiger partial charge >= 0.3 is 0 Å². The first-order valence-electron chi connectivity index (χ1n) is 6.18. The van der Waals surface area contributed by atoms with Crippen LogP contribution in [0.3, 0.4) is 0 Å². The Morgan fingerprint density at radius 1 is 1.30 bits per heavy atom. The highest BCUT2D eigenvalue weighted by Gasteiger charge is 2.24. The number of hydrazine groups is 1. The lowest BCUT2D eigenvalue weighted by atomic mass is 10.3. The first-order chi connectivity index (χ1) is 9.45. The van der Waals surface area contributed by atoms with E-state index in [1.807, 2.05) is 12.3 Å². The van der Waals surface area contributed by atoms with Crippen molar-refractivity contribution in [3.8, 4) is 5.75 Å². The van der Waals surface area contributed by atoms with E-state index < -0.39 is 15.9 Å². The average Bonchev–Trinajstić information content (AvgIpc) is 2.45. The van der Waals surface area contributed by atoms with Crippen LogP contribution in [0.2, 0.25) is 0 Å². The quantitative estimate of drug-likeness (QED) is 0.422. The fraction of sp³-hybridized carbons (Fsp3) is 0.417. The van der Waals surface area contributed by atoms with Crippen LogP contribution in [0.15, 0.2) is 29.2 Å². The van der Waals surface area contributed by atoms with Crippen molar-refractivity contribution in [3.63, 3.8) is 0 Å². The lowest BCUT2D eigenvalue weighted by Gasteiger charge is -2.19. The summed E-state index contributed by atoms with van der Waals surface area (Å²) >= 11 is 0. The highest BCUT2D eigenvalue weighted by atomic mass is 32.2. The van der Waals surface area contributed by atoms with Crippen LogP contribution < -0.4 is 16.0 Å². The van der Waals surface area contributed by atoms with Crippen molar-refractivity contribution < 1.29 is 17.9 Å².